The molecule has 1 atom stereocenters. The van der Waals surface area contributed by atoms with Crippen LogP contribution in [0, 0.1) is 0 Å². The lowest BCUT2D eigenvalue weighted by Gasteiger charge is -2.17. The largest absolute Gasteiger partial charge is 0.490 e. The van der Waals surface area contributed by atoms with Crippen molar-refractivity contribution in [3.8, 4) is 23.1 Å². The number of aromatic nitrogens is 2. The zero-order chi connectivity index (χ0) is 29.1. The maximum Gasteiger partial charge on any atom is 0.347 e. The van der Waals surface area contributed by atoms with Crippen LogP contribution in [-0.2, 0) is 9.53 Å². The molecule has 0 radical (unpaired) electrons. The first-order valence-corrected chi connectivity index (χ1v) is 14.0. The lowest BCUT2D eigenvalue weighted by atomic mass is 10.2. The van der Waals surface area contributed by atoms with Gasteiger partial charge in [0.05, 0.1) is 30.3 Å². The topological polar surface area (TPSA) is 105 Å². The van der Waals surface area contributed by atoms with Gasteiger partial charge in [0.15, 0.2) is 23.4 Å². The first kappa shape index (κ1) is 28.4. The molecule has 0 aliphatic heterocycles. The fourth-order valence-corrected chi connectivity index (χ4v) is 4.75. The van der Waals surface area contributed by atoms with Crippen molar-refractivity contribution >= 4 is 61.6 Å². The van der Waals surface area contributed by atoms with Crippen molar-refractivity contribution in [2.45, 2.75) is 26.9 Å². The molecule has 0 saturated carbocycles. The minimum Gasteiger partial charge on any atom is -0.490 e. The van der Waals surface area contributed by atoms with Crippen molar-refractivity contribution < 1.29 is 23.4 Å². The van der Waals surface area contributed by atoms with Gasteiger partial charge in [-0.1, -0.05) is 23.7 Å². The fraction of sp³-hybridized carbons (Fsp3) is 0.200. The lowest BCUT2D eigenvalue weighted by Crippen LogP contribution is -2.26. The molecule has 41 heavy (non-hydrogen) atoms. The Morgan fingerprint density at radius 2 is 1.93 bits per heavy atom. The SMILES string of the molecule is CCOC(=O)[C@@H](C)Oc1cc(Br)c(C=Nn2c(-c3cc4cc(Cl)ccc4o3)nc3ccccc3c2=O)cc1OCC. The number of hydrogen-bond acceptors (Lipinski definition) is 8. The van der Waals surface area contributed by atoms with Gasteiger partial charge in [0, 0.05) is 20.4 Å². The zero-order valence-corrected chi connectivity index (χ0v) is 24.7. The Balaban J connectivity index is 1.59. The zero-order valence-electron chi connectivity index (χ0n) is 22.4. The summed E-state index contributed by atoms with van der Waals surface area (Å²) in [5, 5.41) is 6.25. The van der Waals surface area contributed by atoms with Crippen LogP contribution in [0.5, 0.6) is 11.5 Å². The van der Waals surface area contributed by atoms with Crippen LogP contribution in [0.3, 0.4) is 0 Å². The number of rotatable bonds is 9. The minimum absolute atomic E-state index is 0.224. The molecule has 2 aromatic heterocycles. The van der Waals surface area contributed by atoms with E-state index in [0.717, 1.165) is 5.39 Å². The van der Waals surface area contributed by atoms with Crippen LogP contribution < -0.4 is 15.0 Å². The molecular weight excluding hydrogens is 614 g/mol. The van der Waals surface area contributed by atoms with Crippen LogP contribution in [0.25, 0.3) is 33.5 Å². The van der Waals surface area contributed by atoms with Crippen molar-refractivity contribution in [2.75, 3.05) is 13.2 Å². The van der Waals surface area contributed by atoms with Gasteiger partial charge < -0.3 is 18.6 Å². The Bertz CT molecular complexity index is 1850. The van der Waals surface area contributed by atoms with Crippen LogP contribution in [0.15, 0.2) is 79.4 Å². The number of fused-ring (bicyclic) bond motifs is 2. The van der Waals surface area contributed by atoms with Crippen molar-refractivity contribution in [2.24, 2.45) is 5.10 Å². The summed E-state index contributed by atoms with van der Waals surface area (Å²) in [5.41, 5.74) is 1.32. The molecule has 2 heterocycles. The number of carbonyl (C=O) groups excluding carboxylic acids is 1. The van der Waals surface area contributed by atoms with Gasteiger partial charge in [0.2, 0.25) is 5.82 Å². The van der Waals surface area contributed by atoms with Gasteiger partial charge in [-0.15, -0.1) is 0 Å². The van der Waals surface area contributed by atoms with Crippen molar-refractivity contribution in [3.05, 3.63) is 86.1 Å². The third-order valence-electron chi connectivity index (χ3n) is 6.05. The van der Waals surface area contributed by atoms with Crippen LogP contribution in [0.1, 0.15) is 26.3 Å². The first-order valence-electron chi connectivity index (χ1n) is 12.8. The van der Waals surface area contributed by atoms with Crippen molar-refractivity contribution in [1.29, 1.82) is 0 Å². The normalized spacial score (nSPS) is 12.2. The molecule has 0 saturated heterocycles. The van der Waals surface area contributed by atoms with E-state index < -0.39 is 12.1 Å². The maximum atomic E-state index is 13.6. The minimum atomic E-state index is -0.843. The van der Waals surface area contributed by atoms with E-state index in [9.17, 15) is 9.59 Å². The number of esters is 1. The summed E-state index contributed by atoms with van der Waals surface area (Å²) in [5.74, 6) is 0.837. The van der Waals surface area contributed by atoms with Crippen LogP contribution in [0.2, 0.25) is 5.02 Å². The molecule has 5 aromatic rings. The number of ether oxygens (including phenoxy) is 3. The molecule has 11 heteroatoms. The number of para-hydroxylation sites is 1. The van der Waals surface area contributed by atoms with E-state index in [0.29, 0.717) is 55.4 Å². The molecule has 0 fully saturated rings. The number of nitrogens with zero attached hydrogens (tertiary/aromatic N) is 3. The molecule has 0 unspecified atom stereocenters. The van der Waals surface area contributed by atoms with Crippen LogP contribution in [-0.4, -0.2) is 41.2 Å². The van der Waals surface area contributed by atoms with Gasteiger partial charge >= 0.3 is 5.97 Å². The maximum absolute atomic E-state index is 13.6. The standard InChI is InChI=1S/C30H25BrClN3O6/c1-4-38-25-14-19(22(31)15-26(25)40-17(3)30(37)39-5-2)16-33-35-28(34-23-9-7-6-8-21(23)29(35)36)27-13-18-12-20(32)10-11-24(18)41-27/h6-17H,4-5H2,1-3H3/t17-/m1/s1. The molecule has 5 rings (SSSR count). The second-order valence-corrected chi connectivity index (χ2v) is 10.2. The Labute approximate surface area is 248 Å². The van der Waals surface area contributed by atoms with Gasteiger partial charge in [-0.25, -0.2) is 9.78 Å². The van der Waals surface area contributed by atoms with E-state index in [1.807, 2.05) is 13.0 Å². The highest BCUT2D eigenvalue weighted by molar-refractivity contribution is 9.10. The van der Waals surface area contributed by atoms with Gasteiger partial charge in [-0.05, 0) is 85.2 Å². The summed E-state index contributed by atoms with van der Waals surface area (Å²) in [6.07, 6.45) is 0.663. The Hall–Kier alpha value is -4.15. The molecule has 0 aliphatic carbocycles. The highest BCUT2D eigenvalue weighted by Gasteiger charge is 2.20. The smallest absolute Gasteiger partial charge is 0.347 e. The number of benzene rings is 3. The quantitative estimate of drug-likeness (QED) is 0.129. The van der Waals surface area contributed by atoms with Gasteiger partial charge in [0.1, 0.15) is 5.58 Å². The van der Waals surface area contributed by atoms with Crippen molar-refractivity contribution in [3.63, 3.8) is 0 Å². The van der Waals surface area contributed by atoms with E-state index in [2.05, 4.69) is 21.0 Å². The average Bonchev–Trinajstić information content (AvgIpc) is 3.37. The second-order valence-electron chi connectivity index (χ2n) is 8.87. The summed E-state index contributed by atoms with van der Waals surface area (Å²) in [4.78, 5) is 30.4. The summed E-state index contributed by atoms with van der Waals surface area (Å²) in [6, 6.07) is 17.4. The Kier molecular flexibility index (Phi) is 8.41. The van der Waals surface area contributed by atoms with E-state index >= 15 is 0 Å². The van der Waals surface area contributed by atoms with E-state index in [1.165, 1.54) is 10.9 Å². The fourth-order valence-electron chi connectivity index (χ4n) is 4.14. The van der Waals surface area contributed by atoms with Gasteiger partial charge in [0.25, 0.3) is 5.56 Å². The van der Waals surface area contributed by atoms with Gasteiger partial charge in [-0.2, -0.15) is 9.78 Å². The molecule has 210 valence electrons. The molecule has 0 amide bonds. The molecule has 0 N–H and O–H groups in total. The number of furan rings is 1. The summed E-state index contributed by atoms with van der Waals surface area (Å²) < 4.78 is 24.5. The third kappa shape index (κ3) is 5.98. The summed E-state index contributed by atoms with van der Waals surface area (Å²) in [6.45, 7) is 5.77. The molecule has 9 nitrogen and oxygen atoms in total. The summed E-state index contributed by atoms with van der Waals surface area (Å²) in [7, 11) is 0. The molecule has 0 spiro atoms. The molecule has 3 aromatic carbocycles. The predicted octanol–water partition coefficient (Wildman–Crippen LogP) is 6.84. The highest BCUT2D eigenvalue weighted by atomic mass is 79.9. The lowest BCUT2D eigenvalue weighted by molar-refractivity contribution is -0.150. The van der Waals surface area contributed by atoms with Crippen molar-refractivity contribution in [1.82, 2.24) is 9.66 Å². The molecular formula is C30H25BrClN3O6. The highest BCUT2D eigenvalue weighted by Crippen LogP contribution is 2.34. The van der Waals surface area contributed by atoms with Gasteiger partial charge in [-0.3, -0.25) is 4.79 Å². The predicted molar refractivity (Wildman–Crippen MR) is 161 cm³/mol. The second kappa shape index (κ2) is 12.2. The van der Waals surface area contributed by atoms with E-state index in [-0.39, 0.29) is 18.0 Å². The summed E-state index contributed by atoms with van der Waals surface area (Å²) >= 11 is 9.70. The van der Waals surface area contributed by atoms with E-state index in [1.54, 1.807) is 68.4 Å². The molecule has 0 bridgehead atoms. The number of carbonyl (C=O) groups is 1. The van der Waals surface area contributed by atoms with Crippen LogP contribution >= 0.6 is 27.5 Å². The number of hydrogen-bond donors (Lipinski definition) is 0. The van der Waals surface area contributed by atoms with E-state index in [4.69, 9.17) is 35.2 Å². The molecule has 0 aliphatic rings. The Morgan fingerprint density at radius 1 is 1.12 bits per heavy atom. The first-order chi connectivity index (χ1) is 19.8. The Morgan fingerprint density at radius 3 is 2.71 bits per heavy atom. The average molecular weight is 639 g/mol. The third-order valence-corrected chi connectivity index (χ3v) is 6.97. The number of halogens is 2. The van der Waals surface area contributed by atoms with Crippen LogP contribution in [0.4, 0.5) is 0 Å². The monoisotopic (exact) mass is 637 g/mol.